The Morgan fingerprint density at radius 1 is 1.35 bits per heavy atom. The van der Waals surface area contributed by atoms with Crippen molar-refractivity contribution in [3.8, 4) is 5.69 Å². The number of primary sulfonamides is 1. The summed E-state index contributed by atoms with van der Waals surface area (Å²) in [7, 11) is -3.66. The monoisotopic (exact) mass is 250 g/mol. The van der Waals surface area contributed by atoms with E-state index in [1.807, 2.05) is 6.07 Å². The zero-order chi connectivity index (χ0) is 12.0. The van der Waals surface area contributed by atoms with Gasteiger partial charge in [0.2, 0.25) is 10.0 Å². The molecule has 0 aliphatic carbocycles. The average Bonchev–Trinajstić information content (AvgIpc) is 2.75. The van der Waals surface area contributed by atoms with Crippen LogP contribution in [0.2, 0.25) is 0 Å². The molecule has 6 nitrogen and oxygen atoms in total. The second kappa shape index (κ2) is 3.31. The number of nitrogens with two attached hydrogens (primary N) is 1. The maximum absolute atomic E-state index is 11.2. The fraction of sp³-hybridized carbons (Fsp3) is 0.100. The molecule has 7 heteroatoms. The van der Waals surface area contributed by atoms with Gasteiger partial charge in [-0.1, -0.05) is 0 Å². The summed E-state index contributed by atoms with van der Waals surface area (Å²) in [5, 5.41) is 12.4. The Hall–Kier alpha value is -1.86. The van der Waals surface area contributed by atoms with Crippen molar-refractivity contribution >= 4 is 15.8 Å². The van der Waals surface area contributed by atoms with Gasteiger partial charge in [0.15, 0.2) is 0 Å². The lowest BCUT2D eigenvalue weighted by molar-refractivity contribution is 0.597. The number of nitrogens with zero attached hydrogens (tertiary/aromatic N) is 2. The van der Waals surface area contributed by atoms with Crippen molar-refractivity contribution < 1.29 is 8.42 Å². The number of aromatic nitrogens is 2. The number of nitrogens with one attached hydrogen (secondary N) is 1. The Bertz CT molecular complexity index is 690. The minimum absolute atomic E-state index is 0.119. The molecular weight excluding hydrogens is 240 g/mol. The topological polar surface area (TPSA) is 90.0 Å². The van der Waals surface area contributed by atoms with E-state index >= 15 is 0 Å². The van der Waals surface area contributed by atoms with E-state index in [0.717, 1.165) is 17.1 Å². The highest BCUT2D eigenvalue weighted by Crippen LogP contribution is 2.26. The van der Waals surface area contributed by atoms with Gasteiger partial charge in [-0.15, -0.1) is 0 Å². The first kappa shape index (κ1) is 10.3. The van der Waals surface area contributed by atoms with Crippen LogP contribution >= 0.6 is 0 Å². The zero-order valence-corrected chi connectivity index (χ0v) is 9.61. The summed E-state index contributed by atoms with van der Waals surface area (Å²) < 4.78 is 24.2. The predicted molar refractivity (Wildman–Crippen MR) is 62.3 cm³/mol. The summed E-state index contributed by atoms with van der Waals surface area (Å²) in [6.07, 6.45) is 1.69. The summed E-state index contributed by atoms with van der Waals surface area (Å²) in [5.41, 5.74) is 1.73. The number of sulfonamides is 1. The Morgan fingerprint density at radius 3 is 2.94 bits per heavy atom. The standard InChI is InChI=1S/C10H10N4O2S/c11-17(15,16)8-1-2-9-7(5-8)6-12-10-3-4-13-14(9)10/h1-5,12H,6H2,(H2,11,15,16). The third-order valence-electron chi connectivity index (χ3n) is 2.71. The summed E-state index contributed by atoms with van der Waals surface area (Å²) in [6.45, 7) is 0.560. The molecule has 17 heavy (non-hydrogen) atoms. The van der Waals surface area contributed by atoms with Crippen LogP contribution in [0.1, 0.15) is 5.56 Å². The Morgan fingerprint density at radius 2 is 2.18 bits per heavy atom. The first-order valence-electron chi connectivity index (χ1n) is 5.00. The van der Waals surface area contributed by atoms with E-state index in [2.05, 4.69) is 10.4 Å². The fourth-order valence-electron chi connectivity index (χ4n) is 1.90. The molecule has 1 aliphatic heterocycles. The number of anilines is 1. The Labute approximate surface area is 98.1 Å². The van der Waals surface area contributed by atoms with Crippen LogP contribution in [-0.2, 0) is 16.6 Å². The second-order valence-electron chi connectivity index (χ2n) is 3.82. The first-order valence-corrected chi connectivity index (χ1v) is 6.54. The third-order valence-corrected chi connectivity index (χ3v) is 3.62. The van der Waals surface area contributed by atoms with Crippen molar-refractivity contribution in [3.05, 3.63) is 36.0 Å². The van der Waals surface area contributed by atoms with Crippen molar-refractivity contribution in [2.75, 3.05) is 5.32 Å². The SMILES string of the molecule is NS(=O)(=O)c1ccc2c(c1)CNc1ccnn1-2. The van der Waals surface area contributed by atoms with Gasteiger partial charge in [-0.05, 0) is 23.8 Å². The van der Waals surface area contributed by atoms with E-state index in [9.17, 15) is 8.42 Å². The van der Waals surface area contributed by atoms with Gasteiger partial charge in [0.25, 0.3) is 0 Å². The highest BCUT2D eigenvalue weighted by atomic mass is 32.2. The molecule has 3 N–H and O–H groups in total. The predicted octanol–water partition coefficient (Wildman–Crippen LogP) is 0.445. The number of hydrogen-bond donors (Lipinski definition) is 2. The van der Waals surface area contributed by atoms with Crippen molar-refractivity contribution in [2.24, 2.45) is 5.14 Å². The molecule has 0 atom stereocenters. The normalized spacial score (nSPS) is 13.7. The van der Waals surface area contributed by atoms with Gasteiger partial charge in [0.1, 0.15) is 5.82 Å². The molecule has 1 aromatic heterocycles. The minimum atomic E-state index is -3.66. The highest BCUT2D eigenvalue weighted by molar-refractivity contribution is 7.89. The van der Waals surface area contributed by atoms with E-state index in [1.54, 1.807) is 23.0 Å². The summed E-state index contributed by atoms with van der Waals surface area (Å²) in [6, 6.07) is 6.64. The van der Waals surface area contributed by atoms with Crippen LogP contribution in [-0.4, -0.2) is 18.2 Å². The second-order valence-corrected chi connectivity index (χ2v) is 5.38. The lowest BCUT2D eigenvalue weighted by atomic mass is 10.1. The molecule has 0 saturated carbocycles. The van der Waals surface area contributed by atoms with Gasteiger partial charge < -0.3 is 5.32 Å². The first-order chi connectivity index (χ1) is 8.05. The zero-order valence-electron chi connectivity index (χ0n) is 8.79. The molecule has 0 spiro atoms. The van der Waals surface area contributed by atoms with Crippen LogP contribution in [0, 0.1) is 0 Å². The van der Waals surface area contributed by atoms with Gasteiger partial charge in [0, 0.05) is 12.6 Å². The molecule has 0 saturated heterocycles. The minimum Gasteiger partial charge on any atom is -0.366 e. The van der Waals surface area contributed by atoms with Gasteiger partial charge in [-0.3, -0.25) is 0 Å². The lowest BCUT2D eigenvalue weighted by Gasteiger charge is -2.20. The van der Waals surface area contributed by atoms with Crippen molar-refractivity contribution in [3.63, 3.8) is 0 Å². The molecular formula is C10H10N4O2S. The summed E-state index contributed by atoms with van der Waals surface area (Å²) in [4.78, 5) is 0.119. The number of rotatable bonds is 1. The van der Waals surface area contributed by atoms with Crippen LogP contribution in [0.3, 0.4) is 0 Å². The smallest absolute Gasteiger partial charge is 0.238 e. The van der Waals surface area contributed by atoms with Crippen molar-refractivity contribution in [1.29, 1.82) is 0 Å². The number of fused-ring (bicyclic) bond motifs is 3. The molecule has 0 amide bonds. The Balaban J connectivity index is 2.20. The molecule has 2 heterocycles. The molecule has 0 radical (unpaired) electrons. The van der Waals surface area contributed by atoms with E-state index in [1.165, 1.54) is 6.07 Å². The molecule has 0 unspecified atom stereocenters. The van der Waals surface area contributed by atoms with E-state index in [4.69, 9.17) is 5.14 Å². The molecule has 1 aromatic carbocycles. The third kappa shape index (κ3) is 1.60. The van der Waals surface area contributed by atoms with Gasteiger partial charge in [-0.2, -0.15) is 5.10 Å². The van der Waals surface area contributed by atoms with Crippen LogP contribution in [0.4, 0.5) is 5.82 Å². The maximum atomic E-state index is 11.2. The molecule has 0 bridgehead atoms. The van der Waals surface area contributed by atoms with E-state index < -0.39 is 10.0 Å². The van der Waals surface area contributed by atoms with Gasteiger partial charge in [0.05, 0.1) is 16.8 Å². The average molecular weight is 250 g/mol. The van der Waals surface area contributed by atoms with Crippen molar-refractivity contribution in [1.82, 2.24) is 9.78 Å². The fourth-order valence-corrected chi connectivity index (χ4v) is 2.47. The molecule has 0 fully saturated rings. The molecule has 2 aromatic rings. The van der Waals surface area contributed by atoms with E-state index in [0.29, 0.717) is 6.54 Å². The van der Waals surface area contributed by atoms with Crippen molar-refractivity contribution in [2.45, 2.75) is 11.4 Å². The molecule has 88 valence electrons. The number of benzene rings is 1. The highest BCUT2D eigenvalue weighted by Gasteiger charge is 2.18. The number of hydrogen-bond acceptors (Lipinski definition) is 4. The van der Waals surface area contributed by atoms with Gasteiger partial charge >= 0.3 is 0 Å². The van der Waals surface area contributed by atoms with E-state index in [-0.39, 0.29) is 4.90 Å². The van der Waals surface area contributed by atoms with Crippen LogP contribution < -0.4 is 10.5 Å². The van der Waals surface area contributed by atoms with Crippen LogP contribution in [0.25, 0.3) is 5.69 Å². The van der Waals surface area contributed by atoms with Gasteiger partial charge in [-0.25, -0.2) is 18.2 Å². The summed E-state index contributed by atoms with van der Waals surface area (Å²) >= 11 is 0. The maximum Gasteiger partial charge on any atom is 0.238 e. The molecule has 1 aliphatic rings. The Kier molecular flexibility index (Phi) is 2.01. The lowest BCUT2D eigenvalue weighted by Crippen LogP contribution is -2.18. The molecule has 3 rings (SSSR count). The van der Waals surface area contributed by atoms with Crippen LogP contribution in [0.5, 0.6) is 0 Å². The quantitative estimate of drug-likeness (QED) is 0.768. The summed E-state index contributed by atoms with van der Waals surface area (Å²) in [5.74, 6) is 0.890. The van der Waals surface area contributed by atoms with Crippen LogP contribution in [0.15, 0.2) is 35.4 Å². The largest absolute Gasteiger partial charge is 0.366 e.